The summed E-state index contributed by atoms with van der Waals surface area (Å²) >= 11 is 1.28. The Kier molecular flexibility index (Phi) is 4.69. The van der Waals surface area contributed by atoms with Crippen molar-refractivity contribution < 1.29 is 14.3 Å². The normalized spacial score (nSPS) is 14.2. The lowest BCUT2D eigenvalue weighted by Gasteiger charge is -2.28. The lowest BCUT2D eigenvalue weighted by atomic mass is 10.0. The van der Waals surface area contributed by atoms with Crippen LogP contribution in [0.1, 0.15) is 9.67 Å². The molecule has 1 saturated heterocycles. The highest BCUT2D eigenvalue weighted by Gasteiger charge is 2.26. The number of morpholine rings is 1. The van der Waals surface area contributed by atoms with Gasteiger partial charge in [-0.3, -0.25) is 4.79 Å². The molecule has 7 heteroatoms. The Morgan fingerprint density at radius 1 is 1.33 bits per heavy atom. The van der Waals surface area contributed by atoms with Crippen molar-refractivity contribution in [1.29, 1.82) is 0 Å². The van der Waals surface area contributed by atoms with Crippen molar-refractivity contribution in [3.05, 3.63) is 40.6 Å². The molecule has 124 valence electrons. The molecule has 1 aliphatic heterocycles. The van der Waals surface area contributed by atoms with E-state index in [0.717, 1.165) is 10.6 Å². The molecular weight excluding hydrogens is 326 g/mol. The average Bonchev–Trinajstić information content (AvgIpc) is 3.02. The van der Waals surface area contributed by atoms with Gasteiger partial charge in [0.05, 0.1) is 36.8 Å². The average molecular weight is 343 g/mol. The summed E-state index contributed by atoms with van der Waals surface area (Å²) in [6.07, 6.45) is 0. The van der Waals surface area contributed by atoms with Crippen molar-refractivity contribution in [3.63, 3.8) is 0 Å². The fourth-order valence-corrected chi connectivity index (χ4v) is 3.86. The van der Waals surface area contributed by atoms with Gasteiger partial charge in [0.25, 0.3) is 5.91 Å². The predicted molar refractivity (Wildman–Crippen MR) is 94.1 cm³/mol. The van der Waals surface area contributed by atoms with E-state index in [1.54, 1.807) is 19.2 Å². The van der Waals surface area contributed by atoms with Crippen LogP contribution in [0.4, 0.5) is 10.7 Å². The Morgan fingerprint density at radius 2 is 2.00 bits per heavy atom. The monoisotopic (exact) mass is 343 g/mol. The van der Waals surface area contributed by atoms with Crippen molar-refractivity contribution in [1.82, 2.24) is 0 Å². The molecular formula is C17H17N3O3S. The van der Waals surface area contributed by atoms with E-state index in [9.17, 15) is 4.79 Å². The molecule has 24 heavy (non-hydrogen) atoms. The number of ether oxygens (including phenoxy) is 2. The molecule has 0 bridgehead atoms. The minimum absolute atomic E-state index is 0.410. The number of nitrogens with two attached hydrogens (primary N) is 1. The third kappa shape index (κ3) is 2.94. The summed E-state index contributed by atoms with van der Waals surface area (Å²) in [5.74, 6) is 0.197. The number of thiophene rings is 1. The number of primary amides is 1. The van der Waals surface area contributed by atoms with Gasteiger partial charge in [-0.25, -0.2) is 4.85 Å². The molecule has 0 radical (unpaired) electrons. The molecule has 0 spiro atoms. The smallest absolute Gasteiger partial charge is 0.258 e. The summed E-state index contributed by atoms with van der Waals surface area (Å²) in [7, 11) is 1.59. The molecule has 1 amide bonds. The molecule has 0 atom stereocenters. The van der Waals surface area contributed by atoms with Crippen LogP contribution < -0.4 is 15.4 Å². The summed E-state index contributed by atoms with van der Waals surface area (Å²) in [5, 5.41) is 0.785. The number of nitrogens with zero attached hydrogens (tertiary/aromatic N) is 2. The molecule has 3 rings (SSSR count). The van der Waals surface area contributed by atoms with E-state index in [1.165, 1.54) is 11.3 Å². The second kappa shape index (κ2) is 6.91. The number of amides is 1. The van der Waals surface area contributed by atoms with E-state index in [1.807, 2.05) is 12.1 Å². The van der Waals surface area contributed by atoms with E-state index in [2.05, 4.69) is 9.74 Å². The number of hydrogen-bond acceptors (Lipinski definition) is 5. The third-order valence-electron chi connectivity index (χ3n) is 3.88. The standard InChI is InChI=1S/C17H17N3O3S/c1-19-14-13(11-3-5-12(22-2)6-4-11)15(16(18)21)24-17(14)20-7-9-23-10-8-20/h3-6H,7-10H2,2H3,(H2,18,21). The Hall–Kier alpha value is -2.56. The van der Waals surface area contributed by atoms with Crippen LogP contribution in [0, 0.1) is 6.57 Å². The zero-order valence-electron chi connectivity index (χ0n) is 13.2. The van der Waals surface area contributed by atoms with Gasteiger partial charge in [-0.1, -0.05) is 12.1 Å². The summed E-state index contributed by atoms with van der Waals surface area (Å²) < 4.78 is 10.5. The maximum Gasteiger partial charge on any atom is 0.258 e. The number of rotatable bonds is 4. The van der Waals surface area contributed by atoms with Gasteiger partial charge in [0.2, 0.25) is 5.69 Å². The Labute approximate surface area is 144 Å². The van der Waals surface area contributed by atoms with Gasteiger partial charge in [0.1, 0.15) is 5.75 Å². The number of hydrogen-bond donors (Lipinski definition) is 1. The van der Waals surface area contributed by atoms with E-state index in [4.69, 9.17) is 21.8 Å². The van der Waals surface area contributed by atoms with Crippen LogP contribution >= 0.6 is 11.3 Å². The van der Waals surface area contributed by atoms with Crippen LogP contribution in [0.25, 0.3) is 16.0 Å². The van der Waals surface area contributed by atoms with Crippen LogP contribution in [-0.2, 0) is 4.74 Å². The van der Waals surface area contributed by atoms with E-state index in [-0.39, 0.29) is 0 Å². The fraction of sp³-hybridized carbons (Fsp3) is 0.294. The van der Waals surface area contributed by atoms with Crippen molar-refractivity contribution in [2.24, 2.45) is 5.73 Å². The zero-order valence-corrected chi connectivity index (χ0v) is 14.1. The first-order valence-corrected chi connectivity index (χ1v) is 8.28. The topological polar surface area (TPSA) is 69.2 Å². The second-order valence-electron chi connectivity index (χ2n) is 5.26. The van der Waals surface area contributed by atoms with Crippen LogP contribution in [0.15, 0.2) is 24.3 Å². The van der Waals surface area contributed by atoms with Gasteiger partial charge >= 0.3 is 0 Å². The first kappa shape index (κ1) is 16.3. The fourth-order valence-electron chi connectivity index (χ4n) is 2.69. The third-order valence-corrected chi connectivity index (χ3v) is 5.13. The maximum absolute atomic E-state index is 11.9. The van der Waals surface area contributed by atoms with E-state index >= 15 is 0 Å². The molecule has 0 saturated carbocycles. The summed E-state index contributed by atoms with van der Waals surface area (Å²) in [6.45, 7) is 10.2. The number of carbonyl (C=O) groups excluding carboxylic acids is 1. The number of carbonyl (C=O) groups is 1. The largest absolute Gasteiger partial charge is 0.497 e. The maximum atomic E-state index is 11.9. The summed E-state index contributed by atoms with van der Waals surface area (Å²) in [6, 6.07) is 7.29. The SMILES string of the molecule is [C-]#[N+]c1c(N2CCOCC2)sc(C(N)=O)c1-c1ccc(OC)cc1. The van der Waals surface area contributed by atoms with E-state index in [0.29, 0.717) is 48.2 Å². The molecule has 1 aromatic heterocycles. The highest BCUT2D eigenvalue weighted by atomic mass is 32.1. The molecule has 2 N–H and O–H groups in total. The van der Waals surface area contributed by atoms with Gasteiger partial charge in [-0.15, -0.1) is 11.3 Å². The van der Waals surface area contributed by atoms with E-state index < -0.39 is 5.91 Å². The zero-order chi connectivity index (χ0) is 17.1. The van der Waals surface area contributed by atoms with Crippen LogP contribution in [0.3, 0.4) is 0 Å². The lowest BCUT2D eigenvalue weighted by molar-refractivity contribution is 0.100. The number of anilines is 1. The quantitative estimate of drug-likeness (QED) is 0.867. The minimum atomic E-state index is -0.518. The molecule has 2 aromatic rings. The molecule has 1 fully saturated rings. The lowest BCUT2D eigenvalue weighted by Crippen LogP contribution is -2.35. The van der Waals surface area contributed by atoms with Crippen molar-refractivity contribution in [3.8, 4) is 16.9 Å². The predicted octanol–water partition coefficient (Wildman–Crippen LogP) is 2.91. The Morgan fingerprint density at radius 3 is 2.54 bits per heavy atom. The van der Waals surface area contributed by atoms with Crippen LogP contribution in [-0.4, -0.2) is 39.3 Å². The van der Waals surface area contributed by atoms with Crippen molar-refractivity contribution in [2.45, 2.75) is 0 Å². The molecule has 0 unspecified atom stereocenters. The van der Waals surface area contributed by atoms with Gasteiger partial charge < -0.3 is 20.1 Å². The van der Waals surface area contributed by atoms with Crippen LogP contribution in [0.5, 0.6) is 5.75 Å². The molecule has 1 aliphatic rings. The minimum Gasteiger partial charge on any atom is -0.497 e. The molecule has 1 aromatic carbocycles. The van der Waals surface area contributed by atoms with Gasteiger partial charge in [-0.05, 0) is 17.7 Å². The number of methoxy groups -OCH3 is 1. The first-order chi connectivity index (χ1) is 11.7. The highest BCUT2D eigenvalue weighted by molar-refractivity contribution is 7.19. The molecule has 2 heterocycles. The van der Waals surface area contributed by atoms with Crippen molar-refractivity contribution >= 4 is 27.9 Å². The van der Waals surface area contributed by atoms with Gasteiger partial charge in [-0.2, -0.15) is 0 Å². The summed E-state index contributed by atoms with van der Waals surface area (Å²) in [4.78, 5) is 18.1. The highest BCUT2D eigenvalue weighted by Crippen LogP contribution is 2.48. The Bertz CT molecular complexity index is 787. The van der Waals surface area contributed by atoms with Crippen LogP contribution in [0.2, 0.25) is 0 Å². The van der Waals surface area contributed by atoms with Crippen molar-refractivity contribution in [2.75, 3.05) is 38.3 Å². The Balaban J connectivity index is 2.13. The summed E-state index contributed by atoms with van der Waals surface area (Å²) in [5.41, 5.74) is 7.44. The number of benzene rings is 1. The van der Waals surface area contributed by atoms with Gasteiger partial charge in [0.15, 0.2) is 0 Å². The first-order valence-electron chi connectivity index (χ1n) is 7.47. The second-order valence-corrected chi connectivity index (χ2v) is 6.26. The molecule has 6 nitrogen and oxygen atoms in total. The molecule has 0 aliphatic carbocycles. The van der Waals surface area contributed by atoms with Gasteiger partial charge in [0, 0.05) is 18.7 Å².